The van der Waals surface area contributed by atoms with Gasteiger partial charge < -0.3 is 73.7 Å². The number of imide groups is 2. The van der Waals surface area contributed by atoms with Gasteiger partial charge in [0.15, 0.2) is 11.6 Å². The standard InChI is InChI=1S/C39H57BN2O7.C29H33BN4O9.C7H9ClN2O3/c1-10-28-23-33(38(28,6)7)39(8)25(2)48-40(49-39)29(22-27-12-11-13-31(35(27)45-9)36(44)47-37(3,4)5)24-32(43)34(41)26-14-16-30(17-15-26)42-18-20-46-21-19-42;1-2-32-10-11-34(27(37)26(32)36)29(40)31-24(18-6-8-21(9-7-18)33-12-14-42-15-13-33)23(35)17-20-16-19-4-3-5-22(28(38)39)25(19)43-30(20)41;1-2-9-3-4-10(7(8)13)6(12)5(9)11/h11-17,25,28-29,33-34H,10,18-24,41H2,1-9H3;3-9,20,24,41H,2,10-17H2,1H3,(H,31,40)(H,38,39);2-4H2,1H3/t25?,28-,29+,33-,34?,39+;20-,24?;/m01./s1. The second-order valence-electron chi connectivity index (χ2n) is 29.2. The highest BCUT2D eigenvalue weighted by Crippen LogP contribution is 2.60. The van der Waals surface area contributed by atoms with Gasteiger partial charge in [-0.3, -0.25) is 43.4 Å². The van der Waals surface area contributed by atoms with E-state index in [1.807, 2.05) is 69.3 Å². The third-order valence-corrected chi connectivity index (χ3v) is 21.5. The van der Waals surface area contributed by atoms with Crippen molar-refractivity contribution in [3.05, 3.63) is 118 Å². The smallest absolute Gasteiger partial charge is 0.526 e. The summed E-state index contributed by atoms with van der Waals surface area (Å²) < 4.78 is 41.6. The summed E-state index contributed by atoms with van der Waals surface area (Å²) in [4.78, 5) is 133. The number of piperazine rings is 2. The number of ether oxygens (including phenoxy) is 4. The van der Waals surface area contributed by atoms with Crippen molar-refractivity contribution in [2.24, 2.45) is 23.0 Å². The molecule has 4 aromatic carbocycles. The predicted octanol–water partition coefficient (Wildman–Crippen LogP) is 7.96. The Bertz CT molecular complexity index is 3830. The van der Waals surface area contributed by atoms with Crippen molar-refractivity contribution < 1.29 is 91.0 Å². The zero-order chi connectivity index (χ0) is 76.4. The number of nitrogens with two attached hydrogens (primary N) is 1. The number of carbonyl (C=O) groups excluding carboxylic acids is 9. The molecule has 7 amide bonds. The Morgan fingerprint density at radius 3 is 1.79 bits per heavy atom. The van der Waals surface area contributed by atoms with Crippen LogP contribution >= 0.6 is 11.6 Å². The summed E-state index contributed by atoms with van der Waals surface area (Å²) in [5.74, 6) is -5.16. The maximum Gasteiger partial charge on any atom is 0.526 e. The first-order chi connectivity index (χ1) is 49.8. The van der Waals surface area contributed by atoms with Crippen LogP contribution in [0, 0.1) is 17.3 Å². The first-order valence-electron chi connectivity index (χ1n) is 36.1. The van der Waals surface area contributed by atoms with Crippen LogP contribution in [0.2, 0.25) is 11.6 Å². The lowest BCUT2D eigenvalue weighted by Gasteiger charge is -2.59. The number of esters is 1. The number of Topliss-reactive ketones (excluding diaryl/α,β-unsaturated/α-hetero) is 2. The number of nitrogens with zero attached hydrogens (tertiary/aromatic N) is 6. The average molecular weight is 1470 g/mol. The van der Waals surface area contributed by atoms with Gasteiger partial charge in [-0.1, -0.05) is 75.7 Å². The highest BCUT2D eigenvalue weighted by atomic mass is 35.5. The molecule has 0 radical (unpaired) electrons. The molecule has 6 fully saturated rings. The van der Waals surface area contributed by atoms with Crippen molar-refractivity contribution >= 4 is 95.7 Å². The number of carboxylic acid groups (broad SMARTS) is 1. The van der Waals surface area contributed by atoms with Gasteiger partial charge in [-0.15, -0.1) is 0 Å². The van der Waals surface area contributed by atoms with Crippen LogP contribution in [0.1, 0.15) is 150 Å². The van der Waals surface area contributed by atoms with E-state index < -0.39 is 96.1 Å². The van der Waals surface area contributed by atoms with Gasteiger partial charge in [0, 0.05) is 101 Å². The second-order valence-corrected chi connectivity index (χ2v) is 29.5. The zero-order valence-corrected chi connectivity index (χ0v) is 62.7. The van der Waals surface area contributed by atoms with E-state index in [0.717, 1.165) is 58.2 Å². The van der Waals surface area contributed by atoms with Crippen molar-refractivity contribution in [2.45, 2.75) is 149 Å². The van der Waals surface area contributed by atoms with E-state index in [0.29, 0.717) is 99.8 Å². The maximum absolute atomic E-state index is 14.0. The van der Waals surface area contributed by atoms with Gasteiger partial charge in [0.25, 0.3) is 0 Å². The molecule has 105 heavy (non-hydrogen) atoms. The van der Waals surface area contributed by atoms with Crippen LogP contribution in [0.25, 0.3) is 0 Å². The SMILES string of the molecule is CCN1CCN(C(=O)Cl)C(=O)C1=O.CCN1CCN(C(=O)NC(C(=O)C[C@H]2Cc3cccc(C(=O)O)c3OB2O)c2ccc(N3CCOCC3)cc2)C(=O)C1=O.CC[C@H]1C[C@H]([C@]2(C)OB([C@@H](CC(=O)C(N)c3ccc(N4CCOCC4)cc3)Cc3cccc(C(=O)OC(C)(C)C)c3OC)OC2C)C1(C)C. The molecule has 6 heterocycles. The maximum atomic E-state index is 14.0. The fraction of sp³-hybridized carbons (Fsp3) is 0.547. The molecule has 1 aliphatic carbocycles. The topological polar surface area (TPSA) is 333 Å². The van der Waals surface area contributed by atoms with Crippen LogP contribution in [0.4, 0.5) is 21.0 Å². The highest BCUT2D eigenvalue weighted by molar-refractivity contribution is 6.65. The molecule has 11 rings (SSSR count). The number of ketones is 2. The second kappa shape index (κ2) is 34.9. The minimum atomic E-state index is -1.46. The molecule has 0 bridgehead atoms. The molecular weight excluding hydrogens is 1370 g/mol. The van der Waals surface area contributed by atoms with Gasteiger partial charge in [0.05, 0.1) is 56.8 Å². The van der Waals surface area contributed by atoms with E-state index in [1.165, 1.54) is 15.9 Å². The van der Waals surface area contributed by atoms with Crippen LogP contribution in [-0.4, -0.2) is 219 Å². The number of fused-ring (bicyclic) bond motifs is 1. The van der Waals surface area contributed by atoms with Gasteiger partial charge in [-0.25, -0.2) is 14.4 Å². The number of morpholine rings is 2. The van der Waals surface area contributed by atoms with Crippen LogP contribution in [0.15, 0.2) is 84.9 Å². The number of aromatic carboxylic acids is 1. The van der Waals surface area contributed by atoms with Crippen LogP contribution in [-0.2, 0) is 65.1 Å². The Balaban J connectivity index is 0.000000209. The van der Waals surface area contributed by atoms with E-state index in [2.05, 4.69) is 49.7 Å². The first-order valence-corrected chi connectivity index (χ1v) is 36.5. The van der Waals surface area contributed by atoms with E-state index in [1.54, 1.807) is 51.3 Å². The average Bonchev–Trinajstić information content (AvgIpc) is 1.65. The summed E-state index contributed by atoms with van der Waals surface area (Å²) in [6.45, 7) is 27.4. The summed E-state index contributed by atoms with van der Waals surface area (Å²) in [5.41, 5.74) is 10.4. The van der Waals surface area contributed by atoms with Gasteiger partial charge in [0.1, 0.15) is 28.7 Å². The number of halogens is 1. The Kier molecular flexibility index (Phi) is 26.8. The molecule has 5 saturated heterocycles. The molecule has 0 spiro atoms. The number of methoxy groups -OCH3 is 1. The van der Waals surface area contributed by atoms with Crippen molar-refractivity contribution in [1.82, 2.24) is 24.9 Å². The molecule has 5 N–H and O–H groups in total. The molecule has 6 aliphatic heterocycles. The number of nitrogens with one attached hydrogen (secondary N) is 1. The Morgan fingerprint density at radius 1 is 0.724 bits per heavy atom. The summed E-state index contributed by atoms with van der Waals surface area (Å²) >= 11 is 5.10. The number of carboxylic acids is 1. The zero-order valence-electron chi connectivity index (χ0n) is 61.9. The molecule has 3 unspecified atom stereocenters. The van der Waals surface area contributed by atoms with Crippen molar-refractivity contribution in [3.8, 4) is 11.5 Å². The Hall–Kier alpha value is -8.44. The van der Waals surface area contributed by atoms with Crippen molar-refractivity contribution in [2.75, 3.05) is 109 Å². The first kappa shape index (κ1) is 80.7. The predicted molar refractivity (Wildman–Crippen MR) is 392 cm³/mol. The fourth-order valence-corrected chi connectivity index (χ4v) is 15.2. The molecule has 30 heteroatoms. The van der Waals surface area contributed by atoms with E-state index >= 15 is 0 Å². The van der Waals surface area contributed by atoms with Crippen LogP contribution in [0.3, 0.4) is 0 Å². The van der Waals surface area contributed by atoms with E-state index in [9.17, 15) is 58.1 Å². The number of para-hydroxylation sites is 2. The van der Waals surface area contributed by atoms with Crippen LogP contribution < -0.4 is 30.2 Å². The number of benzene rings is 4. The minimum Gasteiger partial charge on any atom is -0.535 e. The summed E-state index contributed by atoms with van der Waals surface area (Å²) in [6, 6.07) is 22.2. The van der Waals surface area contributed by atoms with Gasteiger partial charge >= 0.3 is 61.2 Å². The molecule has 0 aromatic heterocycles. The summed E-state index contributed by atoms with van der Waals surface area (Å²) in [7, 11) is -0.557. The van der Waals surface area contributed by atoms with E-state index in [4.69, 9.17) is 50.2 Å². The lowest BCUT2D eigenvalue weighted by Crippen LogP contribution is -2.59. The third-order valence-electron chi connectivity index (χ3n) is 21.3. The quantitative estimate of drug-likeness (QED) is 0.0202. The lowest BCUT2D eigenvalue weighted by molar-refractivity contribution is -0.153. The van der Waals surface area contributed by atoms with Crippen molar-refractivity contribution in [1.29, 1.82) is 0 Å². The van der Waals surface area contributed by atoms with Gasteiger partial charge in [0.2, 0.25) is 0 Å². The lowest BCUT2D eigenvalue weighted by atomic mass is 9.49. The number of hydrogen-bond acceptors (Lipinski definition) is 21. The van der Waals surface area contributed by atoms with E-state index in [-0.39, 0.29) is 73.3 Å². The van der Waals surface area contributed by atoms with Crippen LogP contribution in [0.5, 0.6) is 11.5 Å². The summed E-state index contributed by atoms with van der Waals surface area (Å²) in [6.07, 6.45) is 2.51. The fourth-order valence-electron chi connectivity index (χ4n) is 15.0. The number of urea groups is 1. The van der Waals surface area contributed by atoms with Gasteiger partial charge in [-0.2, -0.15) is 0 Å². The third kappa shape index (κ3) is 18.7. The minimum absolute atomic E-state index is 0.0149. The molecule has 1 saturated carbocycles. The number of likely N-dealkylation sites (N-methyl/N-ethyl adjacent to an activating group) is 2. The number of rotatable bonds is 21. The molecule has 8 atom stereocenters. The van der Waals surface area contributed by atoms with Gasteiger partial charge in [-0.05, 0) is 155 Å². The molecule has 27 nitrogen and oxygen atoms in total. The Morgan fingerprint density at radius 2 is 1.27 bits per heavy atom. The number of carbonyl (C=O) groups is 10. The Labute approximate surface area is 619 Å². The molecular formula is C75H99B2ClN8O19. The molecule has 4 aromatic rings. The highest BCUT2D eigenvalue weighted by Gasteiger charge is 2.62. The monoisotopic (exact) mass is 1470 g/mol. The number of amides is 7. The number of hydrogen-bond donors (Lipinski definition) is 4. The summed E-state index contributed by atoms with van der Waals surface area (Å²) in [5, 5.41) is 22.0. The molecule has 7 aliphatic rings. The number of anilines is 2. The van der Waals surface area contributed by atoms with Crippen molar-refractivity contribution in [3.63, 3.8) is 0 Å². The normalized spacial score (nSPS) is 22.6. The molecule has 566 valence electrons. The largest absolute Gasteiger partial charge is 0.535 e.